The van der Waals surface area contributed by atoms with Crippen LogP contribution in [0.2, 0.25) is 5.02 Å². The molecule has 0 aliphatic carbocycles. The van der Waals surface area contributed by atoms with Crippen molar-refractivity contribution in [2.45, 2.75) is 12.8 Å². The largest absolute Gasteiger partial charge is 0.369 e. The number of halogens is 1. The summed E-state index contributed by atoms with van der Waals surface area (Å²) in [7, 11) is 0. The number of rotatable bonds is 4. The molecule has 0 amide bonds. The molecule has 0 unspecified atom stereocenters. The second kappa shape index (κ2) is 6.63. The zero-order valence-corrected chi connectivity index (χ0v) is 11.2. The van der Waals surface area contributed by atoms with E-state index in [-0.39, 0.29) is 0 Å². The Morgan fingerprint density at radius 1 is 1.22 bits per heavy atom. The first-order valence-corrected chi connectivity index (χ1v) is 6.77. The van der Waals surface area contributed by atoms with Crippen molar-refractivity contribution in [1.29, 1.82) is 5.26 Å². The third-order valence-electron chi connectivity index (χ3n) is 3.31. The molecule has 0 spiro atoms. The summed E-state index contributed by atoms with van der Waals surface area (Å²) in [5.74, 6) is 0. The molecule has 1 aliphatic rings. The van der Waals surface area contributed by atoms with Crippen LogP contribution in [0.5, 0.6) is 0 Å². The third-order valence-corrected chi connectivity index (χ3v) is 3.54. The van der Waals surface area contributed by atoms with Crippen molar-refractivity contribution in [2.75, 3.05) is 37.6 Å². The minimum atomic E-state index is 0.661. The maximum atomic E-state index is 8.52. The fourth-order valence-corrected chi connectivity index (χ4v) is 2.47. The van der Waals surface area contributed by atoms with Crippen LogP contribution in [0.1, 0.15) is 12.8 Å². The molecule has 4 heteroatoms. The van der Waals surface area contributed by atoms with Crippen LogP contribution in [0.3, 0.4) is 0 Å². The maximum Gasteiger partial charge on any atom is 0.0622 e. The lowest BCUT2D eigenvalue weighted by Crippen LogP contribution is -2.46. The van der Waals surface area contributed by atoms with Crippen LogP contribution in [-0.2, 0) is 0 Å². The highest BCUT2D eigenvalue weighted by Crippen LogP contribution is 2.20. The van der Waals surface area contributed by atoms with Crippen LogP contribution >= 0.6 is 11.6 Å². The molecular weight excluding hydrogens is 246 g/mol. The number of piperazine rings is 1. The van der Waals surface area contributed by atoms with E-state index in [1.165, 1.54) is 5.69 Å². The molecule has 0 radical (unpaired) electrons. The maximum absolute atomic E-state index is 8.52. The zero-order chi connectivity index (χ0) is 12.8. The molecule has 1 aromatic rings. The van der Waals surface area contributed by atoms with Gasteiger partial charge in [-0.15, -0.1) is 0 Å². The van der Waals surface area contributed by atoms with Gasteiger partial charge in [-0.2, -0.15) is 5.26 Å². The number of nitrogens with zero attached hydrogens (tertiary/aromatic N) is 3. The molecule has 3 nitrogen and oxygen atoms in total. The van der Waals surface area contributed by atoms with Gasteiger partial charge in [0.05, 0.1) is 6.07 Å². The smallest absolute Gasteiger partial charge is 0.0622 e. The highest BCUT2D eigenvalue weighted by atomic mass is 35.5. The predicted octanol–water partition coefficient (Wildman–Crippen LogP) is 2.77. The van der Waals surface area contributed by atoms with E-state index in [9.17, 15) is 0 Å². The van der Waals surface area contributed by atoms with Gasteiger partial charge in [0.2, 0.25) is 0 Å². The minimum Gasteiger partial charge on any atom is -0.369 e. The Bertz CT molecular complexity index is 419. The fourth-order valence-electron chi connectivity index (χ4n) is 2.28. The van der Waals surface area contributed by atoms with Gasteiger partial charge in [0.15, 0.2) is 0 Å². The summed E-state index contributed by atoms with van der Waals surface area (Å²) >= 11 is 6.01. The lowest BCUT2D eigenvalue weighted by molar-refractivity contribution is 0.256. The Morgan fingerprint density at radius 3 is 2.67 bits per heavy atom. The highest BCUT2D eigenvalue weighted by Gasteiger charge is 2.16. The van der Waals surface area contributed by atoms with Crippen molar-refractivity contribution in [3.8, 4) is 6.07 Å². The summed E-state index contributed by atoms with van der Waals surface area (Å²) in [4.78, 5) is 4.80. The third kappa shape index (κ3) is 3.63. The van der Waals surface area contributed by atoms with Gasteiger partial charge in [-0.1, -0.05) is 17.7 Å². The first-order chi connectivity index (χ1) is 8.79. The second-order valence-corrected chi connectivity index (χ2v) is 5.01. The van der Waals surface area contributed by atoms with Gasteiger partial charge in [-0.05, 0) is 31.2 Å². The van der Waals surface area contributed by atoms with Gasteiger partial charge in [0.25, 0.3) is 0 Å². The monoisotopic (exact) mass is 263 g/mol. The standard InChI is InChI=1S/C14H18ClN3/c15-13-4-3-5-14(12-13)18-10-8-17(9-11-18)7-2-1-6-16/h3-5,12H,1-2,7-11H2. The first kappa shape index (κ1) is 13.2. The molecule has 0 saturated carbocycles. The van der Waals surface area contributed by atoms with Crippen molar-refractivity contribution < 1.29 is 0 Å². The van der Waals surface area contributed by atoms with Crippen LogP contribution in [0.15, 0.2) is 24.3 Å². The number of anilines is 1. The summed E-state index contributed by atoms with van der Waals surface area (Å²) in [6.45, 7) is 5.24. The molecule has 96 valence electrons. The van der Waals surface area contributed by atoms with E-state index < -0.39 is 0 Å². The van der Waals surface area contributed by atoms with E-state index in [2.05, 4.69) is 21.9 Å². The number of benzene rings is 1. The Labute approximate surface area is 114 Å². The lowest BCUT2D eigenvalue weighted by atomic mass is 10.2. The van der Waals surface area contributed by atoms with Crippen molar-refractivity contribution in [3.05, 3.63) is 29.3 Å². The zero-order valence-electron chi connectivity index (χ0n) is 10.5. The Hall–Kier alpha value is -1.24. The average Bonchev–Trinajstić information content (AvgIpc) is 2.40. The van der Waals surface area contributed by atoms with Crippen LogP contribution in [0.25, 0.3) is 0 Å². The van der Waals surface area contributed by atoms with Crippen molar-refractivity contribution in [1.82, 2.24) is 4.90 Å². The SMILES string of the molecule is N#CCCCN1CCN(c2cccc(Cl)c2)CC1. The van der Waals surface area contributed by atoms with E-state index in [1.54, 1.807) is 0 Å². The number of unbranched alkanes of at least 4 members (excludes halogenated alkanes) is 1. The van der Waals surface area contributed by atoms with Gasteiger partial charge in [-0.25, -0.2) is 0 Å². The molecule has 0 aromatic heterocycles. The predicted molar refractivity (Wildman–Crippen MR) is 75.0 cm³/mol. The van der Waals surface area contributed by atoms with E-state index in [4.69, 9.17) is 16.9 Å². The first-order valence-electron chi connectivity index (χ1n) is 6.39. The van der Waals surface area contributed by atoms with E-state index in [0.717, 1.165) is 44.2 Å². The molecule has 0 atom stereocenters. The topological polar surface area (TPSA) is 30.3 Å². The minimum absolute atomic E-state index is 0.661. The highest BCUT2D eigenvalue weighted by molar-refractivity contribution is 6.30. The van der Waals surface area contributed by atoms with Crippen LogP contribution in [-0.4, -0.2) is 37.6 Å². The summed E-state index contributed by atoms with van der Waals surface area (Å²) in [5.41, 5.74) is 1.21. The summed E-state index contributed by atoms with van der Waals surface area (Å²) in [5, 5.41) is 9.32. The van der Waals surface area contributed by atoms with Gasteiger partial charge in [-0.3, -0.25) is 4.90 Å². The fraction of sp³-hybridized carbons (Fsp3) is 0.500. The van der Waals surface area contributed by atoms with E-state index in [0.29, 0.717) is 6.42 Å². The molecule has 1 saturated heterocycles. The summed E-state index contributed by atoms with van der Waals surface area (Å²) < 4.78 is 0. The number of hydrogen-bond acceptors (Lipinski definition) is 3. The Kier molecular flexibility index (Phi) is 4.86. The quantitative estimate of drug-likeness (QED) is 0.783. The number of nitriles is 1. The van der Waals surface area contributed by atoms with E-state index in [1.807, 2.05) is 18.2 Å². The van der Waals surface area contributed by atoms with E-state index >= 15 is 0 Å². The summed E-state index contributed by atoms with van der Waals surface area (Å²) in [6.07, 6.45) is 1.64. The molecule has 1 fully saturated rings. The molecular formula is C14H18ClN3. The molecule has 0 bridgehead atoms. The Balaban J connectivity index is 1.81. The van der Waals surface area contributed by atoms with Crippen molar-refractivity contribution in [2.24, 2.45) is 0 Å². The average molecular weight is 264 g/mol. The molecule has 18 heavy (non-hydrogen) atoms. The van der Waals surface area contributed by atoms with Crippen molar-refractivity contribution >= 4 is 17.3 Å². The lowest BCUT2D eigenvalue weighted by Gasteiger charge is -2.36. The summed E-state index contributed by atoms with van der Waals surface area (Å²) in [6, 6.07) is 10.2. The molecule has 1 aliphatic heterocycles. The molecule has 0 N–H and O–H groups in total. The normalized spacial score (nSPS) is 16.6. The second-order valence-electron chi connectivity index (χ2n) is 4.57. The van der Waals surface area contributed by atoms with Crippen LogP contribution < -0.4 is 4.90 Å². The van der Waals surface area contributed by atoms with Gasteiger partial charge < -0.3 is 4.90 Å². The van der Waals surface area contributed by atoms with Crippen molar-refractivity contribution in [3.63, 3.8) is 0 Å². The molecule has 1 aromatic carbocycles. The molecule has 1 heterocycles. The Morgan fingerprint density at radius 2 is 2.00 bits per heavy atom. The van der Waals surface area contributed by atoms with Gasteiger partial charge in [0.1, 0.15) is 0 Å². The van der Waals surface area contributed by atoms with Gasteiger partial charge >= 0.3 is 0 Å². The number of hydrogen-bond donors (Lipinski definition) is 0. The molecule has 2 rings (SSSR count). The van der Waals surface area contributed by atoms with Crippen LogP contribution in [0.4, 0.5) is 5.69 Å². The van der Waals surface area contributed by atoms with Crippen LogP contribution in [0, 0.1) is 11.3 Å². The van der Waals surface area contributed by atoms with Gasteiger partial charge in [0, 0.05) is 43.3 Å².